The number of nitrogens with one attached hydrogen (secondary N) is 2. The van der Waals surface area contributed by atoms with Gasteiger partial charge in [0.2, 0.25) is 0 Å². The van der Waals surface area contributed by atoms with Crippen molar-refractivity contribution < 1.29 is 19.4 Å². The molecule has 0 heterocycles. The quantitative estimate of drug-likeness (QED) is 0.486. The monoisotopic (exact) mass is 418 g/mol. The molecule has 0 radical (unpaired) electrons. The van der Waals surface area contributed by atoms with Gasteiger partial charge in [-0.05, 0) is 67.0 Å². The molecule has 0 saturated heterocycles. The second-order valence-corrected chi connectivity index (χ2v) is 6.80. The second-order valence-electron chi connectivity index (χ2n) is 5.98. The highest BCUT2D eigenvalue weighted by Gasteiger charge is 2.11. The molecule has 0 fully saturated rings. The fourth-order valence-corrected chi connectivity index (χ4v) is 3.04. The number of hydrogen-bond acceptors (Lipinski definition) is 4. The molecule has 0 bridgehead atoms. The lowest BCUT2D eigenvalue weighted by Gasteiger charge is -2.13. The van der Waals surface area contributed by atoms with Gasteiger partial charge in [-0.15, -0.1) is 0 Å². The van der Waals surface area contributed by atoms with Gasteiger partial charge >= 0.3 is 5.97 Å². The first kappa shape index (κ1) is 21.4. The van der Waals surface area contributed by atoms with Crippen molar-refractivity contribution in [1.29, 1.82) is 0 Å². The summed E-state index contributed by atoms with van der Waals surface area (Å²) in [5, 5.41) is 14.6. The number of aryl methyl sites for hydroxylation is 2. The topological polar surface area (TPSA) is 87.7 Å². The Morgan fingerprint density at radius 3 is 2.68 bits per heavy atom. The summed E-state index contributed by atoms with van der Waals surface area (Å²) in [6, 6.07) is 10.6. The number of ether oxygens (including phenoxy) is 1. The number of benzene rings is 2. The third-order valence-electron chi connectivity index (χ3n) is 3.54. The lowest BCUT2D eigenvalue weighted by molar-refractivity contribution is -0.131. The summed E-state index contributed by atoms with van der Waals surface area (Å²) < 4.78 is 5.51. The van der Waals surface area contributed by atoms with Crippen LogP contribution in [0.3, 0.4) is 0 Å². The van der Waals surface area contributed by atoms with Crippen molar-refractivity contribution in [3.8, 4) is 5.75 Å². The SMILES string of the molecule is Cc1cc(C)c(OCC(=O)NC(=S)Nc2cccc(/C=C/C(=O)O)c2)c(Cl)c1. The van der Waals surface area contributed by atoms with Crippen LogP contribution in [0.1, 0.15) is 16.7 Å². The first-order valence-corrected chi connectivity index (χ1v) is 9.04. The van der Waals surface area contributed by atoms with Crippen LogP contribution in [0.4, 0.5) is 5.69 Å². The normalized spacial score (nSPS) is 10.5. The largest absolute Gasteiger partial charge is 0.482 e. The van der Waals surface area contributed by atoms with Crippen molar-refractivity contribution in [2.45, 2.75) is 13.8 Å². The lowest BCUT2D eigenvalue weighted by atomic mass is 10.1. The molecule has 28 heavy (non-hydrogen) atoms. The van der Waals surface area contributed by atoms with Gasteiger partial charge in [0.15, 0.2) is 11.7 Å². The van der Waals surface area contributed by atoms with E-state index in [-0.39, 0.29) is 11.7 Å². The number of carboxylic acid groups (broad SMARTS) is 1. The first-order chi connectivity index (χ1) is 13.2. The second kappa shape index (κ2) is 9.87. The van der Waals surface area contributed by atoms with E-state index in [0.717, 1.165) is 17.2 Å². The molecular weight excluding hydrogens is 400 g/mol. The summed E-state index contributed by atoms with van der Waals surface area (Å²) in [6.07, 6.45) is 2.49. The Hall–Kier alpha value is -2.90. The van der Waals surface area contributed by atoms with Crippen LogP contribution in [0, 0.1) is 13.8 Å². The first-order valence-electron chi connectivity index (χ1n) is 8.26. The molecule has 0 atom stereocenters. The zero-order valence-electron chi connectivity index (χ0n) is 15.3. The highest BCUT2D eigenvalue weighted by Crippen LogP contribution is 2.29. The van der Waals surface area contributed by atoms with Crippen molar-refractivity contribution in [2.24, 2.45) is 0 Å². The van der Waals surface area contributed by atoms with Crippen LogP contribution in [0.2, 0.25) is 5.02 Å². The average Bonchev–Trinajstić information content (AvgIpc) is 2.59. The molecule has 3 N–H and O–H groups in total. The zero-order valence-corrected chi connectivity index (χ0v) is 16.9. The van der Waals surface area contributed by atoms with Gasteiger partial charge in [-0.1, -0.05) is 29.8 Å². The number of hydrogen-bond donors (Lipinski definition) is 3. The smallest absolute Gasteiger partial charge is 0.328 e. The Labute approximate surface area is 173 Å². The van der Waals surface area contributed by atoms with Crippen molar-refractivity contribution in [2.75, 3.05) is 11.9 Å². The van der Waals surface area contributed by atoms with Crippen LogP contribution in [0.5, 0.6) is 5.75 Å². The third-order valence-corrected chi connectivity index (χ3v) is 4.02. The number of halogens is 1. The van der Waals surface area contributed by atoms with Crippen LogP contribution < -0.4 is 15.4 Å². The molecule has 0 aromatic heterocycles. The molecule has 2 aromatic carbocycles. The molecule has 2 aromatic rings. The summed E-state index contributed by atoms with van der Waals surface area (Å²) in [7, 11) is 0. The van der Waals surface area contributed by atoms with Gasteiger partial charge in [0.25, 0.3) is 5.91 Å². The molecule has 146 valence electrons. The van der Waals surface area contributed by atoms with E-state index in [2.05, 4.69) is 10.6 Å². The predicted octanol–water partition coefficient (Wildman–Crippen LogP) is 3.95. The van der Waals surface area contributed by atoms with Gasteiger partial charge in [-0.3, -0.25) is 10.1 Å². The zero-order chi connectivity index (χ0) is 20.7. The average molecular weight is 419 g/mol. The number of aliphatic carboxylic acids is 1. The molecule has 0 aliphatic heterocycles. The number of rotatable bonds is 6. The molecule has 0 spiro atoms. The van der Waals surface area contributed by atoms with Gasteiger partial charge in [0.05, 0.1) is 5.02 Å². The number of carbonyl (C=O) groups excluding carboxylic acids is 1. The van der Waals surface area contributed by atoms with Gasteiger partial charge in [0.1, 0.15) is 5.75 Å². The summed E-state index contributed by atoms with van der Waals surface area (Å²) in [5.74, 6) is -1.01. The van der Waals surface area contributed by atoms with Gasteiger partial charge < -0.3 is 15.2 Å². The van der Waals surface area contributed by atoms with E-state index in [1.54, 1.807) is 30.3 Å². The highest BCUT2D eigenvalue weighted by atomic mass is 35.5. The van der Waals surface area contributed by atoms with E-state index in [4.69, 9.17) is 33.7 Å². The van der Waals surface area contributed by atoms with Crippen LogP contribution in [0.15, 0.2) is 42.5 Å². The molecule has 6 nitrogen and oxygen atoms in total. The number of amides is 1. The lowest BCUT2D eigenvalue weighted by Crippen LogP contribution is -2.37. The molecule has 0 aliphatic rings. The predicted molar refractivity (Wildman–Crippen MR) is 114 cm³/mol. The Balaban J connectivity index is 1.90. The standard InChI is InChI=1S/C20H19ClN2O4S/c1-12-8-13(2)19(16(21)9-12)27-11-17(24)23-20(28)22-15-5-3-4-14(10-15)6-7-18(25)26/h3-10H,11H2,1-2H3,(H,25,26)(H2,22,23,24,28)/b7-6+. The Bertz CT molecular complexity index is 921. The number of carbonyl (C=O) groups is 2. The Morgan fingerprint density at radius 1 is 1.25 bits per heavy atom. The third kappa shape index (κ3) is 6.68. The van der Waals surface area contributed by atoms with E-state index in [9.17, 15) is 9.59 Å². The van der Waals surface area contributed by atoms with Gasteiger partial charge in [-0.2, -0.15) is 0 Å². The molecule has 0 aliphatic carbocycles. The summed E-state index contributed by atoms with van der Waals surface area (Å²) in [4.78, 5) is 22.7. The van der Waals surface area contributed by atoms with Crippen LogP contribution in [0.25, 0.3) is 6.08 Å². The maximum absolute atomic E-state index is 12.1. The number of carboxylic acids is 1. The maximum atomic E-state index is 12.1. The van der Waals surface area contributed by atoms with E-state index < -0.39 is 11.9 Å². The van der Waals surface area contributed by atoms with E-state index in [1.807, 2.05) is 19.9 Å². The van der Waals surface area contributed by atoms with E-state index >= 15 is 0 Å². The van der Waals surface area contributed by atoms with E-state index in [1.165, 1.54) is 6.08 Å². The Morgan fingerprint density at radius 2 is 2.00 bits per heavy atom. The van der Waals surface area contributed by atoms with Crippen molar-refractivity contribution in [3.63, 3.8) is 0 Å². The van der Waals surface area contributed by atoms with E-state index in [0.29, 0.717) is 22.0 Å². The van der Waals surface area contributed by atoms with Crippen molar-refractivity contribution in [3.05, 3.63) is 64.2 Å². The minimum absolute atomic E-state index is 0.0969. The van der Waals surface area contributed by atoms with Crippen molar-refractivity contribution >= 4 is 52.6 Å². The van der Waals surface area contributed by atoms with Crippen LogP contribution >= 0.6 is 23.8 Å². The molecule has 0 unspecified atom stereocenters. The summed E-state index contributed by atoms with van der Waals surface area (Å²) >= 11 is 11.3. The fourth-order valence-electron chi connectivity index (χ4n) is 2.44. The summed E-state index contributed by atoms with van der Waals surface area (Å²) in [6.45, 7) is 3.53. The van der Waals surface area contributed by atoms with Crippen LogP contribution in [-0.4, -0.2) is 28.7 Å². The minimum atomic E-state index is -1.04. The maximum Gasteiger partial charge on any atom is 0.328 e. The number of anilines is 1. The molecule has 1 amide bonds. The van der Waals surface area contributed by atoms with Gasteiger partial charge in [0, 0.05) is 11.8 Å². The Kier molecular flexibility index (Phi) is 7.54. The fraction of sp³-hybridized carbons (Fsp3) is 0.150. The molecular formula is C20H19ClN2O4S. The molecule has 8 heteroatoms. The van der Waals surface area contributed by atoms with Gasteiger partial charge in [-0.25, -0.2) is 4.79 Å². The number of thiocarbonyl (C=S) groups is 1. The van der Waals surface area contributed by atoms with Crippen LogP contribution in [-0.2, 0) is 9.59 Å². The minimum Gasteiger partial charge on any atom is -0.482 e. The molecule has 0 saturated carbocycles. The van der Waals surface area contributed by atoms with Crippen molar-refractivity contribution in [1.82, 2.24) is 5.32 Å². The summed E-state index contributed by atoms with van der Waals surface area (Å²) in [5.41, 5.74) is 3.13. The highest BCUT2D eigenvalue weighted by molar-refractivity contribution is 7.80. The molecule has 2 rings (SSSR count).